The Balaban J connectivity index is 2.35. The Bertz CT molecular complexity index is 536. The van der Waals surface area contributed by atoms with Crippen molar-refractivity contribution in [3.8, 4) is 0 Å². The van der Waals surface area contributed by atoms with Gasteiger partial charge in [-0.15, -0.1) is 0 Å². The quantitative estimate of drug-likeness (QED) is 0.866. The third-order valence-electron chi connectivity index (χ3n) is 3.69. The molecule has 0 radical (unpaired) electrons. The van der Waals surface area contributed by atoms with Gasteiger partial charge in [0, 0.05) is 12.6 Å². The van der Waals surface area contributed by atoms with E-state index >= 15 is 0 Å². The third kappa shape index (κ3) is 3.16. The van der Waals surface area contributed by atoms with Crippen molar-refractivity contribution in [3.63, 3.8) is 0 Å². The van der Waals surface area contributed by atoms with Crippen LogP contribution in [0, 0.1) is 0 Å². The van der Waals surface area contributed by atoms with Gasteiger partial charge < -0.3 is 5.32 Å². The van der Waals surface area contributed by atoms with E-state index in [1.165, 1.54) is 0 Å². The van der Waals surface area contributed by atoms with Gasteiger partial charge in [0.2, 0.25) is 10.0 Å². The van der Waals surface area contributed by atoms with Crippen molar-refractivity contribution in [2.75, 3.05) is 6.54 Å². The standard InChI is InChI=1S/C14H22N2O2S/c1-3-12(4-2)16-19(17,18)14-7-5-6-11-10-15-9-8-13(11)14/h5-7,12,15-16H,3-4,8-10H2,1-2H3. The first kappa shape index (κ1) is 14.5. The topological polar surface area (TPSA) is 58.2 Å². The van der Waals surface area contributed by atoms with Crippen LogP contribution in [0.4, 0.5) is 0 Å². The minimum atomic E-state index is -3.40. The molecule has 0 spiro atoms. The first-order valence-corrected chi connectivity index (χ1v) is 8.40. The number of rotatable bonds is 5. The van der Waals surface area contributed by atoms with E-state index in [2.05, 4.69) is 10.0 Å². The second kappa shape index (κ2) is 6.03. The van der Waals surface area contributed by atoms with Crippen LogP contribution in [0.2, 0.25) is 0 Å². The maximum Gasteiger partial charge on any atom is 0.241 e. The molecule has 5 heteroatoms. The second-order valence-electron chi connectivity index (χ2n) is 4.96. The van der Waals surface area contributed by atoms with Gasteiger partial charge in [-0.1, -0.05) is 26.0 Å². The maximum atomic E-state index is 12.5. The molecule has 0 fully saturated rings. The Morgan fingerprint density at radius 3 is 2.74 bits per heavy atom. The van der Waals surface area contributed by atoms with E-state index in [0.717, 1.165) is 43.5 Å². The second-order valence-corrected chi connectivity index (χ2v) is 6.64. The van der Waals surface area contributed by atoms with Crippen LogP contribution in [0.5, 0.6) is 0 Å². The van der Waals surface area contributed by atoms with Crippen molar-refractivity contribution in [2.24, 2.45) is 0 Å². The number of nitrogens with one attached hydrogen (secondary N) is 2. The van der Waals surface area contributed by atoms with Gasteiger partial charge in [-0.3, -0.25) is 0 Å². The monoisotopic (exact) mass is 282 g/mol. The molecule has 2 rings (SSSR count). The van der Waals surface area contributed by atoms with Gasteiger partial charge in [0.15, 0.2) is 0 Å². The van der Waals surface area contributed by atoms with Crippen LogP contribution in [0.1, 0.15) is 37.8 Å². The first-order valence-electron chi connectivity index (χ1n) is 6.92. The van der Waals surface area contributed by atoms with Crippen LogP contribution in [0.25, 0.3) is 0 Å². The van der Waals surface area contributed by atoms with E-state index < -0.39 is 10.0 Å². The summed E-state index contributed by atoms with van der Waals surface area (Å²) < 4.78 is 27.8. The largest absolute Gasteiger partial charge is 0.312 e. The third-order valence-corrected chi connectivity index (χ3v) is 5.30. The van der Waals surface area contributed by atoms with Crippen LogP contribution in [-0.2, 0) is 23.0 Å². The van der Waals surface area contributed by atoms with Crippen molar-refractivity contribution in [2.45, 2.75) is 50.6 Å². The molecule has 1 heterocycles. The molecule has 0 bridgehead atoms. The molecule has 106 valence electrons. The molecule has 1 aliphatic rings. The molecule has 0 saturated carbocycles. The number of fused-ring (bicyclic) bond motifs is 1. The highest BCUT2D eigenvalue weighted by Crippen LogP contribution is 2.23. The highest BCUT2D eigenvalue weighted by Gasteiger charge is 2.23. The SMILES string of the molecule is CCC(CC)NS(=O)(=O)c1cccc2c1CCNC2. The predicted octanol–water partition coefficient (Wildman–Crippen LogP) is 1.80. The van der Waals surface area contributed by atoms with Gasteiger partial charge in [0.25, 0.3) is 0 Å². The summed E-state index contributed by atoms with van der Waals surface area (Å²) in [5.74, 6) is 0. The number of hydrogen-bond donors (Lipinski definition) is 2. The fourth-order valence-electron chi connectivity index (χ4n) is 2.49. The van der Waals surface area contributed by atoms with Gasteiger partial charge in [-0.05, 0) is 43.0 Å². The zero-order valence-electron chi connectivity index (χ0n) is 11.6. The molecule has 0 atom stereocenters. The molecule has 2 N–H and O–H groups in total. The summed E-state index contributed by atoms with van der Waals surface area (Å²) in [5, 5.41) is 3.27. The lowest BCUT2D eigenvalue weighted by Crippen LogP contribution is -2.35. The zero-order chi connectivity index (χ0) is 13.9. The number of hydrogen-bond acceptors (Lipinski definition) is 3. The molecule has 4 nitrogen and oxygen atoms in total. The van der Waals surface area contributed by atoms with Gasteiger partial charge >= 0.3 is 0 Å². The molecule has 1 aromatic rings. The predicted molar refractivity (Wildman–Crippen MR) is 76.5 cm³/mol. The van der Waals surface area contributed by atoms with Crippen molar-refractivity contribution in [3.05, 3.63) is 29.3 Å². The summed E-state index contributed by atoms with van der Waals surface area (Å²) in [4.78, 5) is 0.457. The molecule has 0 amide bonds. The van der Waals surface area contributed by atoms with Gasteiger partial charge in [-0.25, -0.2) is 13.1 Å². The zero-order valence-corrected chi connectivity index (χ0v) is 12.4. The van der Waals surface area contributed by atoms with E-state index in [1.807, 2.05) is 26.0 Å². The summed E-state index contributed by atoms with van der Waals surface area (Å²) in [5.41, 5.74) is 2.07. The van der Waals surface area contributed by atoms with E-state index in [9.17, 15) is 8.42 Å². The van der Waals surface area contributed by atoms with Crippen LogP contribution >= 0.6 is 0 Å². The molecule has 0 aromatic heterocycles. The van der Waals surface area contributed by atoms with E-state index in [0.29, 0.717) is 4.90 Å². The van der Waals surface area contributed by atoms with Gasteiger partial charge in [0.05, 0.1) is 4.90 Å². The lowest BCUT2D eigenvalue weighted by molar-refractivity contribution is 0.528. The van der Waals surface area contributed by atoms with Crippen LogP contribution in [0.15, 0.2) is 23.1 Å². The first-order chi connectivity index (χ1) is 9.08. The van der Waals surface area contributed by atoms with Gasteiger partial charge in [-0.2, -0.15) is 0 Å². The molecule has 1 aliphatic heterocycles. The summed E-state index contributed by atoms with van der Waals surface area (Å²) in [7, 11) is -3.40. The smallest absolute Gasteiger partial charge is 0.241 e. The molecular formula is C14H22N2O2S. The lowest BCUT2D eigenvalue weighted by Gasteiger charge is -2.22. The summed E-state index contributed by atoms with van der Waals surface area (Å²) in [6.45, 7) is 5.59. The van der Waals surface area contributed by atoms with Crippen molar-refractivity contribution >= 4 is 10.0 Å². The van der Waals surface area contributed by atoms with Gasteiger partial charge in [0.1, 0.15) is 0 Å². The number of benzene rings is 1. The summed E-state index contributed by atoms with van der Waals surface area (Å²) in [6.07, 6.45) is 2.40. The van der Waals surface area contributed by atoms with E-state index in [4.69, 9.17) is 0 Å². The van der Waals surface area contributed by atoms with Crippen molar-refractivity contribution < 1.29 is 8.42 Å². The Kier molecular flexibility index (Phi) is 4.60. The van der Waals surface area contributed by atoms with Crippen LogP contribution < -0.4 is 10.0 Å². The molecule has 0 unspecified atom stereocenters. The average Bonchev–Trinajstić information content (AvgIpc) is 2.44. The number of sulfonamides is 1. The summed E-state index contributed by atoms with van der Waals surface area (Å²) in [6, 6.07) is 5.56. The Morgan fingerprint density at radius 1 is 1.32 bits per heavy atom. The Hall–Kier alpha value is -0.910. The lowest BCUT2D eigenvalue weighted by atomic mass is 10.0. The average molecular weight is 282 g/mol. The summed E-state index contributed by atoms with van der Waals surface area (Å²) >= 11 is 0. The molecular weight excluding hydrogens is 260 g/mol. The van der Waals surface area contributed by atoms with E-state index in [-0.39, 0.29) is 6.04 Å². The fourth-order valence-corrected chi connectivity index (χ4v) is 4.20. The molecule has 0 aliphatic carbocycles. The normalized spacial score (nSPS) is 15.5. The minimum Gasteiger partial charge on any atom is -0.312 e. The molecule has 19 heavy (non-hydrogen) atoms. The Morgan fingerprint density at radius 2 is 2.05 bits per heavy atom. The maximum absolute atomic E-state index is 12.5. The van der Waals surface area contributed by atoms with E-state index in [1.54, 1.807) is 6.07 Å². The molecule has 0 saturated heterocycles. The molecule has 1 aromatic carbocycles. The Labute approximate surface area is 115 Å². The van der Waals surface area contributed by atoms with Crippen LogP contribution in [-0.4, -0.2) is 21.0 Å². The minimum absolute atomic E-state index is 0.0163. The van der Waals surface area contributed by atoms with Crippen LogP contribution in [0.3, 0.4) is 0 Å². The van der Waals surface area contributed by atoms with Crippen molar-refractivity contribution in [1.29, 1.82) is 0 Å². The van der Waals surface area contributed by atoms with Crippen molar-refractivity contribution in [1.82, 2.24) is 10.0 Å². The highest BCUT2D eigenvalue weighted by molar-refractivity contribution is 7.89. The fraction of sp³-hybridized carbons (Fsp3) is 0.571. The highest BCUT2D eigenvalue weighted by atomic mass is 32.2.